The molecular formula is C15H19N3O4. The third kappa shape index (κ3) is 2.22. The average Bonchev–Trinajstić information content (AvgIpc) is 2.98. The predicted molar refractivity (Wildman–Crippen MR) is 82.1 cm³/mol. The van der Waals surface area contributed by atoms with Gasteiger partial charge in [-0.25, -0.2) is 9.66 Å². The fourth-order valence-corrected chi connectivity index (χ4v) is 2.61. The van der Waals surface area contributed by atoms with Crippen LogP contribution in [0.5, 0.6) is 17.2 Å². The van der Waals surface area contributed by atoms with Gasteiger partial charge >= 0.3 is 0 Å². The molecular weight excluding hydrogens is 286 g/mol. The summed E-state index contributed by atoms with van der Waals surface area (Å²) in [5.41, 5.74) is 0.151. The summed E-state index contributed by atoms with van der Waals surface area (Å²) in [5, 5.41) is 0.364. The van der Waals surface area contributed by atoms with Crippen LogP contribution in [0.15, 0.2) is 10.9 Å². The van der Waals surface area contributed by atoms with Gasteiger partial charge in [0.1, 0.15) is 11.3 Å². The van der Waals surface area contributed by atoms with Crippen LogP contribution in [0.3, 0.4) is 0 Å². The van der Waals surface area contributed by atoms with E-state index in [2.05, 4.69) is 11.9 Å². The van der Waals surface area contributed by atoms with E-state index in [4.69, 9.17) is 20.1 Å². The minimum absolute atomic E-state index is 0.0994. The number of hydrogen-bond acceptors (Lipinski definition) is 6. The van der Waals surface area contributed by atoms with Crippen LogP contribution in [0.4, 0.5) is 0 Å². The second kappa shape index (κ2) is 5.75. The van der Waals surface area contributed by atoms with Crippen molar-refractivity contribution in [3.63, 3.8) is 0 Å². The first kappa shape index (κ1) is 14.5. The van der Waals surface area contributed by atoms with E-state index in [0.717, 1.165) is 23.9 Å². The monoisotopic (exact) mass is 305 g/mol. The standard InChI is InChI=1S/C15H19N3O4/c1-3-4-5-6-11-17-12-9(15(19)18(11)16)7-10-13(14(12)20-2)22-8-21-10/h7H,3-6,8,16H2,1-2H3. The molecule has 7 nitrogen and oxygen atoms in total. The van der Waals surface area contributed by atoms with Gasteiger partial charge in [-0.1, -0.05) is 19.8 Å². The van der Waals surface area contributed by atoms with Crippen molar-refractivity contribution in [3.8, 4) is 17.2 Å². The number of aryl methyl sites for hydroxylation is 1. The molecule has 2 N–H and O–H groups in total. The number of methoxy groups -OCH3 is 1. The lowest BCUT2D eigenvalue weighted by Gasteiger charge is -2.12. The van der Waals surface area contributed by atoms with Crippen LogP contribution in [0.2, 0.25) is 0 Å². The molecule has 0 saturated heterocycles. The van der Waals surface area contributed by atoms with Gasteiger partial charge in [-0.3, -0.25) is 4.79 Å². The Bertz CT molecular complexity index is 770. The van der Waals surface area contributed by atoms with E-state index >= 15 is 0 Å². The quantitative estimate of drug-likeness (QED) is 0.666. The topological polar surface area (TPSA) is 88.6 Å². The smallest absolute Gasteiger partial charge is 0.280 e. The van der Waals surface area contributed by atoms with Crippen LogP contribution < -0.4 is 25.6 Å². The van der Waals surface area contributed by atoms with Crippen molar-refractivity contribution in [3.05, 3.63) is 22.2 Å². The number of aromatic nitrogens is 2. The van der Waals surface area contributed by atoms with E-state index in [1.165, 1.54) is 7.11 Å². The molecule has 0 aliphatic carbocycles. The third-order valence-electron chi connectivity index (χ3n) is 3.77. The van der Waals surface area contributed by atoms with Gasteiger partial charge in [0.15, 0.2) is 11.5 Å². The molecule has 1 aliphatic rings. The summed E-state index contributed by atoms with van der Waals surface area (Å²) in [5.74, 6) is 7.81. The zero-order chi connectivity index (χ0) is 15.7. The maximum Gasteiger partial charge on any atom is 0.280 e. The highest BCUT2D eigenvalue weighted by Gasteiger charge is 2.25. The highest BCUT2D eigenvalue weighted by molar-refractivity contribution is 5.89. The van der Waals surface area contributed by atoms with Gasteiger partial charge in [-0.05, 0) is 12.5 Å². The number of fused-ring (bicyclic) bond motifs is 2. The van der Waals surface area contributed by atoms with Gasteiger partial charge < -0.3 is 20.1 Å². The Balaban J connectivity index is 2.19. The maximum atomic E-state index is 12.5. The first-order valence-corrected chi connectivity index (χ1v) is 7.34. The molecule has 118 valence electrons. The molecule has 2 aromatic rings. The first-order chi connectivity index (χ1) is 10.7. The largest absolute Gasteiger partial charge is 0.491 e. The molecule has 7 heteroatoms. The van der Waals surface area contributed by atoms with E-state index in [1.54, 1.807) is 6.07 Å². The SMILES string of the molecule is CCCCCc1nc2c(OC)c3c(cc2c(=O)n1N)OCO3. The molecule has 0 saturated carbocycles. The van der Waals surface area contributed by atoms with E-state index in [1.807, 2.05) is 0 Å². The van der Waals surface area contributed by atoms with Crippen LogP contribution in [0.1, 0.15) is 32.0 Å². The van der Waals surface area contributed by atoms with Crippen molar-refractivity contribution in [1.82, 2.24) is 9.66 Å². The number of nitrogens with two attached hydrogens (primary N) is 1. The van der Waals surface area contributed by atoms with Crippen molar-refractivity contribution >= 4 is 10.9 Å². The summed E-state index contributed by atoms with van der Waals surface area (Å²) in [6, 6.07) is 1.61. The molecule has 0 amide bonds. The molecule has 0 spiro atoms. The van der Waals surface area contributed by atoms with Crippen molar-refractivity contribution in [2.24, 2.45) is 0 Å². The maximum absolute atomic E-state index is 12.5. The lowest BCUT2D eigenvalue weighted by Crippen LogP contribution is -2.31. The second-order valence-corrected chi connectivity index (χ2v) is 5.20. The van der Waals surface area contributed by atoms with Gasteiger partial charge in [0.2, 0.25) is 12.5 Å². The molecule has 0 radical (unpaired) electrons. The summed E-state index contributed by atoms with van der Waals surface area (Å²) in [4.78, 5) is 17.0. The van der Waals surface area contributed by atoms with Crippen molar-refractivity contribution in [1.29, 1.82) is 0 Å². The fourth-order valence-electron chi connectivity index (χ4n) is 2.61. The Labute approximate surface area is 127 Å². The number of rotatable bonds is 5. The fraction of sp³-hybridized carbons (Fsp3) is 0.467. The summed E-state index contributed by atoms with van der Waals surface area (Å²) >= 11 is 0. The number of nitrogen functional groups attached to an aromatic ring is 1. The Morgan fingerprint density at radius 2 is 2.23 bits per heavy atom. The molecule has 0 fully saturated rings. The number of nitrogens with zero attached hydrogens (tertiary/aromatic N) is 2. The molecule has 1 aliphatic heterocycles. The second-order valence-electron chi connectivity index (χ2n) is 5.20. The molecule has 0 unspecified atom stereocenters. The number of hydrogen-bond donors (Lipinski definition) is 1. The molecule has 22 heavy (non-hydrogen) atoms. The van der Waals surface area contributed by atoms with E-state index in [0.29, 0.717) is 40.4 Å². The third-order valence-corrected chi connectivity index (χ3v) is 3.77. The van der Waals surface area contributed by atoms with E-state index < -0.39 is 0 Å². The van der Waals surface area contributed by atoms with Crippen LogP contribution in [-0.4, -0.2) is 23.6 Å². The first-order valence-electron chi connectivity index (χ1n) is 7.34. The van der Waals surface area contributed by atoms with Gasteiger partial charge in [-0.15, -0.1) is 0 Å². The molecule has 0 bridgehead atoms. The van der Waals surface area contributed by atoms with Crippen molar-refractivity contribution < 1.29 is 14.2 Å². The molecule has 2 heterocycles. The van der Waals surface area contributed by atoms with Gasteiger partial charge in [-0.2, -0.15) is 0 Å². The predicted octanol–water partition coefficient (Wildman–Crippen LogP) is 1.58. The van der Waals surface area contributed by atoms with Crippen LogP contribution in [-0.2, 0) is 6.42 Å². The zero-order valence-corrected chi connectivity index (χ0v) is 12.7. The normalized spacial score (nSPS) is 12.8. The summed E-state index contributed by atoms with van der Waals surface area (Å²) in [7, 11) is 1.52. The summed E-state index contributed by atoms with van der Waals surface area (Å²) in [6.45, 7) is 2.22. The Hall–Kier alpha value is -2.44. The number of benzene rings is 1. The lowest BCUT2D eigenvalue weighted by molar-refractivity contribution is 0.171. The number of ether oxygens (including phenoxy) is 3. The average molecular weight is 305 g/mol. The minimum atomic E-state index is -0.312. The Morgan fingerprint density at radius 1 is 1.41 bits per heavy atom. The lowest BCUT2D eigenvalue weighted by atomic mass is 10.1. The Morgan fingerprint density at radius 3 is 2.95 bits per heavy atom. The Kier molecular flexibility index (Phi) is 3.79. The van der Waals surface area contributed by atoms with Gasteiger partial charge in [0, 0.05) is 6.42 Å². The van der Waals surface area contributed by atoms with Crippen LogP contribution in [0.25, 0.3) is 10.9 Å². The summed E-state index contributed by atoms with van der Waals surface area (Å²) < 4.78 is 17.2. The van der Waals surface area contributed by atoms with E-state index in [9.17, 15) is 4.79 Å². The van der Waals surface area contributed by atoms with Gasteiger partial charge in [0.05, 0.1) is 12.5 Å². The van der Waals surface area contributed by atoms with Crippen LogP contribution >= 0.6 is 0 Å². The van der Waals surface area contributed by atoms with Gasteiger partial charge in [0.25, 0.3) is 5.56 Å². The minimum Gasteiger partial charge on any atom is -0.491 e. The molecule has 1 aromatic heterocycles. The number of unbranched alkanes of at least 4 members (excludes halogenated alkanes) is 2. The van der Waals surface area contributed by atoms with Crippen molar-refractivity contribution in [2.45, 2.75) is 32.6 Å². The molecule has 1 aromatic carbocycles. The van der Waals surface area contributed by atoms with Crippen LogP contribution in [0, 0.1) is 0 Å². The van der Waals surface area contributed by atoms with E-state index in [-0.39, 0.29) is 12.4 Å². The highest BCUT2D eigenvalue weighted by Crippen LogP contribution is 2.44. The molecule has 3 rings (SSSR count). The summed E-state index contributed by atoms with van der Waals surface area (Å²) in [6.07, 6.45) is 3.72. The molecule has 0 atom stereocenters. The van der Waals surface area contributed by atoms with Crippen molar-refractivity contribution in [2.75, 3.05) is 19.7 Å². The zero-order valence-electron chi connectivity index (χ0n) is 12.7. The highest BCUT2D eigenvalue weighted by atomic mass is 16.7.